The van der Waals surface area contributed by atoms with Crippen LogP contribution >= 0.6 is 23.2 Å². The number of hydrogen-bond acceptors (Lipinski definition) is 1. The summed E-state index contributed by atoms with van der Waals surface area (Å²) in [5, 5.41) is 1.03. The van der Waals surface area contributed by atoms with Crippen molar-refractivity contribution >= 4 is 35.2 Å². The molecule has 0 aliphatic carbocycles. The summed E-state index contributed by atoms with van der Waals surface area (Å²) in [6.45, 7) is 3.00. The third-order valence-corrected chi connectivity index (χ3v) is 4.48. The highest BCUT2D eigenvalue weighted by Gasteiger charge is 2.23. The van der Waals surface area contributed by atoms with Crippen molar-refractivity contribution in [1.29, 1.82) is 0 Å². The molecule has 108 valence electrons. The number of likely N-dealkylation sites (tertiary alicyclic amines) is 1. The number of amides is 1. The highest BCUT2D eigenvalue weighted by Crippen LogP contribution is 2.24. The van der Waals surface area contributed by atoms with Gasteiger partial charge in [0.1, 0.15) is 0 Å². The smallest absolute Gasteiger partial charge is 0.246 e. The Balaban J connectivity index is 2.05. The van der Waals surface area contributed by atoms with E-state index in [1.54, 1.807) is 24.3 Å². The Labute approximate surface area is 130 Å². The summed E-state index contributed by atoms with van der Waals surface area (Å²) in [4.78, 5) is 14.3. The van der Waals surface area contributed by atoms with Gasteiger partial charge in [-0.05, 0) is 49.5 Å². The molecule has 1 fully saturated rings. The van der Waals surface area contributed by atoms with E-state index >= 15 is 0 Å². The second-order valence-corrected chi connectivity index (χ2v) is 5.91. The van der Waals surface area contributed by atoms with Gasteiger partial charge in [0.25, 0.3) is 0 Å². The maximum atomic E-state index is 12.3. The van der Waals surface area contributed by atoms with Crippen molar-refractivity contribution in [2.75, 3.05) is 6.54 Å². The van der Waals surface area contributed by atoms with Crippen LogP contribution in [-0.4, -0.2) is 23.4 Å². The molecular weight excluding hydrogens is 293 g/mol. The van der Waals surface area contributed by atoms with E-state index in [2.05, 4.69) is 6.92 Å². The molecule has 0 spiro atoms. The predicted molar refractivity (Wildman–Crippen MR) is 85.1 cm³/mol. The number of piperidine rings is 1. The summed E-state index contributed by atoms with van der Waals surface area (Å²) < 4.78 is 0. The molecule has 1 heterocycles. The summed E-state index contributed by atoms with van der Waals surface area (Å²) in [6, 6.07) is 5.74. The Hall–Kier alpha value is -0.990. The molecule has 1 aliphatic rings. The largest absolute Gasteiger partial charge is 0.336 e. The van der Waals surface area contributed by atoms with E-state index in [1.165, 1.54) is 6.42 Å². The van der Waals surface area contributed by atoms with Gasteiger partial charge >= 0.3 is 0 Å². The molecule has 1 aromatic carbocycles. The molecule has 0 aromatic heterocycles. The zero-order valence-electron chi connectivity index (χ0n) is 11.6. The fourth-order valence-electron chi connectivity index (χ4n) is 2.59. The summed E-state index contributed by atoms with van der Waals surface area (Å²) in [6.07, 6.45) is 7.89. The first kappa shape index (κ1) is 15.4. The SMILES string of the molecule is CCC1CCCCN1C(=O)/C=C/c1ccc(Cl)c(Cl)c1. The van der Waals surface area contributed by atoms with E-state index in [-0.39, 0.29) is 5.91 Å². The van der Waals surface area contributed by atoms with E-state index in [0.29, 0.717) is 16.1 Å². The van der Waals surface area contributed by atoms with Gasteiger partial charge in [-0.25, -0.2) is 0 Å². The number of nitrogens with zero attached hydrogens (tertiary/aromatic N) is 1. The Morgan fingerprint density at radius 3 is 2.85 bits per heavy atom. The van der Waals surface area contributed by atoms with Gasteiger partial charge in [-0.1, -0.05) is 36.2 Å². The molecule has 1 saturated heterocycles. The van der Waals surface area contributed by atoms with Crippen molar-refractivity contribution in [2.24, 2.45) is 0 Å². The minimum atomic E-state index is 0.0858. The summed E-state index contributed by atoms with van der Waals surface area (Å²) in [5.41, 5.74) is 0.887. The summed E-state index contributed by atoms with van der Waals surface area (Å²) in [7, 11) is 0. The average molecular weight is 312 g/mol. The van der Waals surface area contributed by atoms with Crippen molar-refractivity contribution in [1.82, 2.24) is 4.90 Å². The molecule has 1 aromatic rings. The molecule has 2 rings (SSSR count). The predicted octanol–water partition coefficient (Wildman–Crippen LogP) is 4.80. The minimum absolute atomic E-state index is 0.0858. The van der Waals surface area contributed by atoms with Crippen LogP contribution in [0.15, 0.2) is 24.3 Å². The molecule has 0 saturated carbocycles. The quantitative estimate of drug-likeness (QED) is 0.734. The van der Waals surface area contributed by atoms with Crippen LogP contribution in [0.4, 0.5) is 0 Å². The van der Waals surface area contributed by atoms with Crippen LogP contribution in [0.2, 0.25) is 10.0 Å². The third-order valence-electron chi connectivity index (χ3n) is 3.74. The number of carbonyl (C=O) groups is 1. The van der Waals surface area contributed by atoms with E-state index in [1.807, 2.05) is 11.0 Å². The van der Waals surface area contributed by atoms with Crippen LogP contribution in [0.1, 0.15) is 38.2 Å². The van der Waals surface area contributed by atoms with Crippen LogP contribution in [-0.2, 0) is 4.79 Å². The lowest BCUT2D eigenvalue weighted by Crippen LogP contribution is -2.42. The molecule has 0 bridgehead atoms. The zero-order valence-corrected chi connectivity index (χ0v) is 13.1. The molecule has 4 heteroatoms. The Bertz CT molecular complexity index is 513. The summed E-state index contributed by atoms with van der Waals surface area (Å²) in [5.74, 6) is 0.0858. The number of carbonyl (C=O) groups excluding carboxylic acids is 1. The first-order valence-electron chi connectivity index (χ1n) is 7.05. The van der Waals surface area contributed by atoms with Crippen LogP contribution in [0.25, 0.3) is 6.08 Å². The van der Waals surface area contributed by atoms with Crippen LogP contribution in [0.3, 0.4) is 0 Å². The maximum absolute atomic E-state index is 12.3. The molecule has 0 N–H and O–H groups in total. The van der Waals surface area contributed by atoms with Crippen LogP contribution in [0, 0.1) is 0 Å². The Morgan fingerprint density at radius 2 is 2.15 bits per heavy atom. The van der Waals surface area contributed by atoms with Crippen molar-refractivity contribution in [2.45, 2.75) is 38.6 Å². The molecule has 2 nitrogen and oxygen atoms in total. The third kappa shape index (κ3) is 3.77. The second-order valence-electron chi connectivity index (χ2n) is 5.10. The first-order valence-corrected chi connectivity index (χ1v) is 7.81. The second kappa shape index (κ2) is 7.14. The topological polar surface area (TPSA) is 20.3 Å². The lowest BCUT2D eigenvalue weighted by Gasteiger charge is -2.34. The Kier molecular flexibility index (Phi) is 5.50. The van der Waals surface area contributed by atoms with Crippen LogP contribution < -0.4 is 0 Å². The number of rotatable bonds is 3. The Morgan fingerprint density at radius 1 is 1.35 bits per heavy atom. The van der Waals surface area contributed by atoms with E-state index in [9.17, 15) is 4.79 Å². The van der Waals surface area contributed by atoms with Gasteiger partial charge in [0, 0.05) is 18.7 Å². The average Bonchev–Trinajstić information content (AvgIpc) is 2.48. The maximum Gasteiger partial charge on any atom is 0.246 e. The molecule has 1 unspecified atom stereocenters. The van der Waals surface area contributed by atoms with Crippen molar-refractivity contribution in [3.63, 3.8) is 0 Å². The van der Waals surface area contributed by atoms with E-state index in [0.717, 1.165) is 31.4 Å². The van der Waals surface area contributed by atoms with Gasteiger partial charge in [0.15, 0.2) is 0 Å². The molecule has 20 heavy (non-hydrogen) atoms. The van der Waals surface area contributed by atoms with Gasteiger partial charge in [0.2, 0.25) is 5.91 Å². The highest BCUT2D eigenvalue weighted by atomic mass is 35.5. The van der Waals surface area contributed by atoms with Gasteiger partial charge < -0.3 is 4.90 Å². The number of benzene rings is 1. The zero-order chi connectivity index (χ0) is 14.5. The molecule has 1 aliphatic heterocycles. The van der Waals surface area contributed by atoms with Crippen molar-refractivity contribution in [3.05, 3.63) is 39.9 Å². The fraction of sp³-hybridized carbons (Fsp3) is 0.438. The fourth-order valence-corrected chi connectivity index (χ4v) is 2.90. The van der Waals surface area contributed by atoms with Crippen molar-refractivity contribution < 1.29 is 4.79 Å². The van der Waals surface area contributed by atoms with Gasteiger partial charge in [-0.2, -0.15) is 0 Å². The van der Waals surface area contributed by atoms with Crippen LogP contribution in [0.5, 0.6) is 0 Å². The monoisotopic (exact) mass is 311 g/mol. The van der Waals surface area contributed by atoms with Crippen molar-refractivity contribution in [3.8, 4) is 0 Å². The normalized spacial score (nSPS) is 19.6. The highest BCUT2D eigenvalue weighted by molar-refractivity contribution is 6.42. The molecular formula is C16H19Cl2NO. The van der Waals surface area contributed by atoms with E-state index in [4.69, 9.17) is 23.2 Å². The first-order chi connectivity index (χ1) is 9.61. The number of hydrogen-bond donors (Lipinski definition) is 0. The number of halogens is 2. The van der Waals surface area contributed by atoms with Gasteiger partial charge in [0.05, 0.1) is 10.0 Å². The van der Waals surface area contributed by atoms with Gasteiger partial charge in [-0.15, -0.1) is 0 Å². The standard InChI is InChI=1S/C16H19Cl2NO/c1-2-13-5-3-4-10-19(13)16(20)9-7-12-6-8-14(17)15(18)11-12/h6-9,11,13H,2-5,10H2,1H3/b9-7+. The lowest BCUT2D eigenvalue weighted by atomic mass is 10.00. The minimum Gasteiger partial charge on any atom is -0.336 e. The molecule has 1 amide bonds. The lowest BCUT2D eigenvalue weighted by molar-refractivity contribution is -0.129. The summed E-state index contributed by atoms with van der Waals surface area (Å²) >= 11 is 11.8. The van der Waals surface area contributed by atoms with E-state index < -0.39 is 0 Å². The van der Waals surface area contributed by atoms with Gasteiger partial charge in [-0.3, -0.25) is 4.79 Å². The molecule has 0 radical (unpaired) electrons. The molecule has 1 atom stereocenters.